The fourth-order valence-corrected chi connectivity index (χ4v) is 2.50. The van der Waals surface area contributed by atoms with Gasteiger partial charge in [0.2, 0.25) is 11.8 Å². The number of carbonyl (C=O) groups is 2. The van der Waals surface area contributed by atoms with E-state index in [1.165, 1.54) is 18.2 Å². The van der Waals surface area contributed by atoms with Crippen molar-refractivity contribution in [2.24, 2.45) is 5.73 Å². The second-order valence-corrected chi connectivity index (χ2v) is 5.74. The van der Waals surface area contributed by atoms with Gasteiger partial charge in [-0.1, -0.05) is 18.2 Å². The average Bonchev–Trinajstić information content (AvgIpc) is 2.48. The van der Waals surface area contributed by atoms with E-state index in [4.69, 9.17) is 5.73 Å². The zero-order valence-corrected chi connectivity index (χ0v) is 13.7. The molecule has 0 spiro atoms. The van der Waals surface area contributed by atoms with Crippen LogP contribution in [0, 0.1) is 5.82 Å². The first-order valence-corrected chi connectivity index (χ1v) is 7.67. The number of amides is 2. The lowest BCUT2D eigenvalue weighted by Gasteiger charge is -2.16. The Labute approximate surface area is 141 Å². The van der Waals surface area contributed by atoms with E-state index in [-0.39, 0.29) is 12.8 Å². The molecule has 7 heteroatoms. The van der Waals surface area contributed by atoms with E-state index in [0.29, 0.717) is 10.2 Å². The topological polar surface area (TPSA) is 85.1 Å². The molecule has 0 bridgehead atoms. The number of hydrogen-bond donors (Lipinski definition) is 2. The van der Waals surface area contributed by atoms with E-state index in [9.17, 15) is 14.0 Å². The van der Waals surface area contributed by atoms with Gasteiger partial charge in [0.05, 0.1) is 6.42 Å². The first-order chi connectivity index (χ1) is 11.0. The first kappa shape index (κ1) is 17.1. The SMILES string of the molecule is NC(=O)[C@@H](Cc1cccnc1Br)NC(=O)Cc1cccc(F)c1. The number of aromatic nitrogens is 1. The minimum Gasteiger partial charge on any atom is -0.368 e. The van der Waals surface area contributed by atoms with Gasteiger partial charge in [-0.15, -0.1) is 0 Å². The predicted octanol–water partition coefficient (Wildman–Crippen LogP) is 1.74. The highest BCUT2D eigenvalue weighted by Gasteiger charge is 2.20. The van der Waals surface area contributed by atoms with Crippen LogP contribution in [0.5, 0.6) is 0 Å². The van der Waals surface area contributed by atoms with Gasteiger partial charge in [-0.05, 0) is 45.3 Å². The zero-order chi connectivity index (χ0) is 16.8. The van der Waals surface area contributed by atoms with Gasteiger partial charge in [0.15, 0.2) is 0 Å². The second kappa shape index (κ2) is 7.82. The standard InChI is InChI=1S/C16H15BrFN3O2/c17-15-11(4-2-6-20-15)9-13(16(19)23)21-14(22)8-10-3-1-5-12(18)7-10/h1-7,13H,8-9H2,(H2,19,23)(H,21,22)/t13-/m1/s1. The van der Waals surface area contributed by atoms with Gasteiger partial charge in [0.25, 0.3) is 0 Å². The molecule has 0 saturated heterocycles. The molecule has 2 aromatic rings. The van der Waals surface area contributed by atoms with Crippen LogP contribution in [0.25, 0.3) is 0 Å². The van der Waals surface area contributed by atoms with Gasteiger partial charge >= 0.3 is 0 Å². The van der Waals surface area contributed by atoms with Gasteiger partial charge in [-0.2, -0.15) is 0 Å². The van der Waals surface area contributed by atoms with Crippen LogP contribution in [0.4, 0.5) is 4.39 Å². The summed E-state index contributed by atoms with van der Waals surface area (Å²) >= 11 is 3.28. The van der Waals surface area contributed by atoms with Crippen molar-refractivity contribution in [3.8, 4) is 0 Å². The van der Waals surface area contributed by atoms with Crippen molar-refractivity contribution in [1.82, 2.24) is 10.3 Å². The van der Waals surface area contributed by atoms with Gasteiger partial charge in [0, 0.05) is 12.6 Å². The van der Waals surface area contributed by atoms with Crippen molar-refractivity contribution in [2.75, 3.05) is 0 Å². The molecule has 23 heavy (non-hydrogen) atoms. The number of hydrogen-bond acceptors (Lipinski definition) is 3. The quantitative estimate of drug-likeness (QED) is 0.749. The molecular formula is C16H15BrFN3O2. The third kappa shape index (κ3) is 5.14. The number of primary amides is 1. The van der Waals surface area contributed by atoms with Gasteiger partial charge in [-0.25, -0.2) is 9.37 Å². The molecule has 1 aromatic heterocycles. The van der Waals surface area contributed by atoms with Crippen molar-refractivity contribution in [3.05, 3.63) is 64.1 Å². The summed E-state index contributed by atoms with van der Waals surface area (Å²) in [5.41, 5.74) is 6.62. The molecule has 1 aromatic carbocycles. The maximum Gasteiger partial charge on any atom is 0.240 e. The number of carbonyl (C=O) groups excluding carboxylic acids is 2. The van der Waals surface area contributed by atoms with Crippen molar-refractivity contribution in [3.63, 3.8) is 0 Å². The van der Waals surface area contributed by atoms with Crippen molar-refractivity contribution < 1.29 is 14.0 Å². The molecule has 1 heterocycles. The average molecular weight is 380 g/mol. The molecule has 0 aliphatic heterocycles. The van der Waals surface area contributed by atoms with Crippen molar-refractivity contribution in [2.45, 2.75) is 18.9 Å². The summed E-state index contributed by atoms with van der Waals surface area (Å²) in [5.74, 6) is -1.46. The molecule has 0 saturated carbocycles. The molecule has 0 fully saturated rings. The second-order valence-electron chi connectivity index (χ2n) is 4.99. The lowest BCUT2D eigenvalue weighted by Crippen LogP contribution is -2.46. The number of pyridine rings is 1. The molecule has 1 atom stereocenters. The van der Waals surface area contributed by atoms with Crippen LogP contribution in [0.2, 0.25) is 0 Å². The maximum absolute atomic E-state index is 13.1. The molecule has 0 aliphatic rings. The zero-order valence-electron chi connectivity index (χ0n) is 12.1. The third-order valence-corrected chi connectivity index (χ3v) is 3.91. The largest absolute Gasteiger partial charge is 0.368 e. The molecule has 2 rings (SSSR count). The number of nitrogens with two attached hydrogens (primary N) is 1. The highest BCUT2D eigenvalue weighted by Crippen LogP contribution is 2.14. The van der Waals surface area contributed by atoms with Crippen LogP contribution in [-0.2, 0) is 22.4 Å². The highest BCUT2D eigenvalue weighted by molar-refractivity contribution is 9.10. The van der Waals surface area contributed by atoms with E-state index in [0.717, 1.165) is 5.56 Å². The molecule has 120 valence electrons. The number of halogens is 2. The Morgan fingerprint density at radius 2 is 2.09 bits per heavy atom. The van der Waals surface area contributed by atoms with Gasteiger partial charge < -0.3 is 11.1 Å². The highest BCUT2D eigenvalue weighted by atomic mass is 79.9. The third-order valence-electron chi connectivity index (χ3n) is 3.19. The molecule has 0 radical (unpaired) electrons. The Morgan fingerprint density at radius 3 is 2.74 bits per heavy atom. The number of rotatable bonds is 6. The molecule has 0 aliphatic carbocycles. The van der Waals surface area contributed by atoms with Gasteiger partial charge in [-0.3, -0.25) is 9.59 Å². The number of nitrogens with zero attached hydrogens (tertiary/aromatic N) is 1. The van der Waals surface area contributed by atoms with E-state index >= 15 is 0 Å². The van der Waals surface area contributed by atoms with E-state index in [2.05, 4.69) is 26.2 Å². The Kier molecular flexibility index (Phi) is 5.81. The van der Waals surface area contributed by atoms with Crippen LogP contribution in [0.15, 0.2) is 47.2 Å². The molecule has 2 amide bonds. The normalized spacial score (nSPS) is 11.7. The molecular weight excluding hydrogens is 365 g/mol. The lowest BCUT2D eigenvalue weighted by molar-refractivity contribution is -0.127. The van der Waals surface area contributed by atoms with Gasteiger partial charge in [0.1, 0.15) is 16.5 Å². The van der Waals surface area contributed by atoms with Crippen molar-refractivity contribution >= 4 is 27.7 Å². The summed E-state index contributed by atoms with van der Waals surface area (Å²) in [4.78, 5) is 27.7. The maximum atomic E-state index is 13.1. The van der Waals surface area contributed by atoms with E-state index < -0.39 is 23.7 Å². The number of nitrogens with one attached hydrogen (secondary N) is 1. The molecule has 5 nitrogen and oxygen atoms in total. The smallest absolute Gasteiger partial charge is 0.240 e. The fourth-order valence-electron chi connectivity index (χ4n) is 2.09. The summed E-state index contributed by atoms with van der Waals surface area (Å²) < 4.78 is 13.7. The Balaban J connectivity index is 2.03. The van der Waals surface area contributed by atoms with E-state index in [1.807, 2.05) is 0 Å². The monoisotopic (exact) mass is 379 g/mol. The van der Waals surface area contributed by atoms with Crippen molar-refractivity contribution in [1.29, 1.82) is 0 Å². The Bertz CT molecular complexity index is 724. The minimum absolute atomic E-state index is 0.0320. The summed E-state index contributed by atoms with van der Waals surface area (Å²) in [6.07, 6.45) is 1.80. The van der Waals surface area contributed by atoms with Crippen LogP contribution < -0.4 is 11.1 Å². The number of benzene rings is 1. The Hall–Kier alpha value is -2.28. The van der Waals surface area contributed by atoms with E-state index in [1.54, 1.807) is 24.4 Å². The van der Waals surface area contributed by atoms with Crippen LogP contribution in [-0.4, -0.2) is 22.8 Å². The van der Waals surface area contributed by atoms with Crippen LogP contribution in [0.1, 0.15) is 11.1 Å². The first-order valence-electron chi connectivity index (χ1n) is 6.88. The molecule has 3 N–H and O–H groups in total. The summed E-state index contributed by atoms with van der Waals surface area (Å²) in [7, 11) is 0. The summed E-state index contributed by atoms with van der Waals surface area (Å²) in [6.45, 7) is 0. The predicted molar refractivity (Wildman–Crippen MR) is 86.9 cm³/mol. The Morgan fingerprint density at radius 1 is 1.30 bits per heavy atom. The fraction of sp³-hybridized carbons (Fsp3) is 0.188. The lowest BCUT2D eigenvalue weighted by atomic mass is 10.1. The summed E-state index contributed by atoms with van der Waals surface area (Å²) in [6, 6.07) is 8.38. The van der Waals surface area contributed by atoms with Crippen LogP contribution >= 0.6 is 15.9 Å². The van der Waals surface area contributed by atoms with Crippen LogP contribution in [0.3, 0.4) is 0 Å². The molecule has 0 unspecified atom stereocenters. The minimum atomic E-state index is -0.864. The summed E-state index contributed by atoms with van der Waals surface area (Å²) in [5, 5.41) is 2.58.